The minimum atomic E-state index is -0.145. The maximum Gasteiger partial charge on any atom is 0.310 e. The van der Waals surface area contributed by atoms with Crippen LogP contribution in [0.2, 0.25) is 0 Å². The van der Waals surface area contributed by atoms with Crippen LogP contribution in [0.15, 0.2) is 0 Å². The van der Waals surface area contributed by atoms with Crippen molar-refractivity contribution in [3.8, 4) is 0 Å². The van der Waals surface area contributed by atoms with Crippen LogP contribution in [0.4, 0.5) is 0 Å². The Hall–Kier alpha value is -0.570. The number of rotatable bonds is 1. The van der Waals surface area contributed by atoms with Crippen molar-refractivity contribution in [2.45, 2.75) is 25.9 Å². The first-order valence-electron chi connectivity index (χ1n) is 3.10. The van der Waals surface area contributed by atoms with Gasteiger partial charge in [0.15, 0.2) is 6.79 Å². The fourth-order valence-electron chi connectivity index (χ4n) is 0.762. The standard InChI is InChI=1S/C6H10O3/c1-2-5-3-6(7)9-4-8-5/h5H,2-4H2,1H3. The largest absolute Gasteiger partial charge is 0.438 e. The van der Waals surface area contributed by atoms with Gasteiger partial charge < -0.3 is 9.47 Å². The lowest BCUT2D eigenvalue weighted by Crippen LogP contribution is -2.26. The van der Waals surface area contributed by atoms with E-state index in [0.717, 1.165) is 6.42 Å². The van der Waals surface area contributed by atoms with Gasteiger partial charge >= 0.3 is 5.97 Å². The second-order valence-corrected chi connectivity index (χ2v) is 2.04. The molecule has 0 saturated carbocycles. The van der Waals surface area contributed by atoms with E-state index in [1.54, 1.807) is 0 Å². The molecule has 3 heteroatoms. The molecule has 1 atom stereocenters. The van der Waals surface area contributed by atoms with Gasteiger partial charge in [0.25, 0.3) is 0 Å². The first kappa shape index (κ1) is 6.55. The van der Waals surface area contributed by atoms with Crippen molar-refractivity contribution < 1.29 is 14.3 Å². The number of carbonyl (C=O) groups is 1. The molecule has 0 aromatic rings. The maximum atomic E-state index is 10.5. The highest BCUT2D eigenvalue weighted by Gasteiger charge is 2.18. The van der Waals surface area contributed by atoms with Gasteiger partial charge in [-0.05, 0) is 6.42 Å². The number of carbonyl (C=O) groups excluding carboxylic acids is 1. The number of hydrogen-bond donors (Lipinski definition) is 0. The number of ether oxygens (including phenoxy) is 2. The summed E-state index contributed by atoms with van der Waals surface area (Å²) in [7, 11) is 0. The molecule has 1 aliphatic heterocycles. The molecule has 1 fully saturated rings. The molecule has 1 saturated heterocycles. The Kier molecular flexibility index (Phi) is 2.05. The molecule has 1 unspecified atom stereocenters. The molecule has 0 aromatic carbocycles. The topological polar surface area (TPSA) is 35.5 Å². The summed E-state index contributed by atoms with van der Waals surface area (Å²) in [6.45, 7) is 2.13. The van der Waals surface area contributed by atoms with E-state index in [9.17, 15) is 4.79 Å². The van der Waals surface area contributed by atoms with Crippen LogP contribution in [-0.4, -0.2) is 18.9 Å². The van der Waals surface area contributed by atoms with Crippen LogP contribution < -0.4 is 0 Å². The van der Waals surface area contributed by atoms with Gasteiger partial charge in [-0.25, -0.2) is 0 Å². The Bertz CT molecular complexity index is 111. The van der Waals surface area contributed by atoms with E-state index in [4.69, 9.17) is 4.74 Å². The fraction of sp³-hybridized carbons (Fsp3) is 0.833. The third kappa shape index (κ3) is 1.68. The summed E-state index contributed by atoms with van der Waals surface area (Å²) < 4.78 is 9.60. The average molecular weight is 130 g/mol. The molecule has 0 bridgehead atoms. The Morgan fingerprint density at radius 3 is 3.00 bits per heavy atom. The predicted octanol–water partition coefficient (Wildman–Crippen LogP) is 0.686. The lowest BCUT2D eigenvalue weighted by molar-refractivity contribution is -0.180. The predicted molar refractivity (Wildman–Crippen MR) is 30.7 cm³/mol. The quantitative estimate of drug-likeness (QED) is 0.490. The third-order valence-corrected chi connectivity index (χ3v) is 1.37. The summed E-state index contributed by atoms with van der Waals surface area (Å²) in [6, 6.07) is 0. The minimum Gasteiger partial charge on any atom is -0.438 e. The molecule has 9 heavy (non-hydrogen) atoms. The summed E-state index contributed by atoms with van der Waals surface area (Å²) in [5.41, 5.74) is 0. The minimum absolute atomic E-state index is 0.0891. The normalized spacial score (nSPS) is 27.7. The molecule has 1 heterocycles. The lowest BCUT2D eigenvalue weighted by Gasteiger charge is -2.19. The van der Waals surface area contributed by atoms with E-state index in [0.29, 0.717) is 6.42 Å². The monoisotopic (exact) mass is 130 g/mol. The van der Waals surface area contributed by atoms with E-state index in [1.807, 2.05) is 6.92 Å². The lowest BCUT2D eigenvalue weighted by atomic mass is 10.2. The smallest absolute Gasteiger partial charge is 0.310 e. The van der Waals surface area contributed by atoms with Crippen molar-refractivity contribution in [3.05, 3.63) is 0 Å². The zero-order valence-electron chi connectivity index (χ0n) is 5.42. The van der Waals surface area contributed by atoms with Crippen LogP contribution in [0, 0.1) is 0 Å². The van der Waals surface area contributed by atoms with E-state index in [1.165, 1.54) is 0 Å². The van der Waals surface area contributed by atoms with Crippen molar-refractivity contribution in [3.63, 3.8) is 0 Å². The summed E-state index contributed by atoms with van der Waals surface area (Å²) in [5.74, 6) is -0.145. The summed E-state index contributed by atoms with van der Waals surface area (Å²) in [5, 5.41) is 0. The number of hydrogen-bond acceptors (Lipinski definition) is 3. The van der Waals surface area contributed by atoms with Gasteiger partial charge in [0, 0.05) is 0 Å². The van der Waals surface area contributed by atoms with E-state index < -0.39 is 0 Å². The third-order valence-electron chi connectivity index (χ3n) is 1.37. The molecule has 1 aliphatic rings. The zero-order valence-corrected chi connectivity index (χ0v) is 5.42. The summed E-state index contributed by atoms with van der Waals surface area (Å²) in [6.07, 6.45) is 1.39. The molecule has 0 amide bonds. The molecule has 3 nitrogen and oxygen atoms in total. The van der Waals surface area contributed by atoms with Crippen molar-refractivity contribution in [1.29, 1.82) is 0 Å². The SMILES string of the molecule is CCC1CC(=O)OCO1. The Balaban J connectivity index is 2.32. The molecule has 1 rings (SSSR count). The Labute approximate surface area is 53.9 Å². The highest BCUT2D eigenvalue weighted by molar-refractivity contribution is 5.70. The highest BCUT2D eigenvalue weighted by Crippen LogP contribution is 2.09. The second-order valence-electron chi connectivity index (χ2n) is 2.04. The summed E-state index contributed by atoms with van der Waals surface area (Å²) in [4.78, 5) is 10.5. The van der Waals surface area contributed by atoms with Gasteiger partial charge in [0.1, 0.15) is 0 Å². The van der Waals surface area contributed by atoms with Crippen molar-refractivity contribution in [1.82, 2.24) is 0 Å². The van der Waals surface area contributed by atoms with Crippen molar-refractivity contribution >= 4 is 5.97 Å². The molecular formula is C6H10O3. The van der Waals surface area contributed by atoms with Gasteiger partial charge in [0.2, 0.25) is 0 Å². The van der Waals surface area contributed by atoms with Crippen LogP contribution in [0.1, 0.15) is 19.8 Å². The molecule has 52 valence electrons. The summed E-state index contributed by atoms with van der Waals surface area (Å²) >= 11 is 0. The number of esters is 1. The average Bonchev–Trinajstić information content (AvgIpc) is 1.88. The highest BCUT2D eigenvalue weighted by atomic mass is 16.7. The van der Waals surface area contributed by atoms with Gasteiger partial charge in [-0.3, -0.25) is 4.79 Å². The van der Waals surface area contributed by atoms with E-state index in [-0.39, 0.29) is 18.9 Å². The molecule has 0 spiro atoms. The second kappa shape index (κ2) is 2.82. The van der Waals surface area contributed by atoms with E-state index >= 15 is 0 Å². The van der Waals surface area contributed by atoms with Gasteiger partial charge in [-0.1, -0.05) is 6.92 Å². The van der Waals surface area contributed by atoms with Crippen LogP contribution in [0.5, 0.6) is 0 Å². The van der Waals surface area contributed by atoms with Gasteiger partial charge in [-0.15, -0.1) is 0 Å². The fourth-order valence-corrected chi connectivity index (χ4v) is 0.762. The van der Waals surface area contributed by atoms with Gasteiger partial charge in [0.05, 0.1) is 12.5 Å². The van der Waals surface area contributed by atoms with E-state index in [2.05, 4.69) is 4.74 Å². The van der Waals surface area contributed by atoms with Crippen molar-refractivity contribution in [2.24, 2.45) is 0 Å². The Morgan fingerprint density at radius 2 is 2.56 bits per heavy atom. The zero-order chi connectivity index (χ0) is 6.69. The maximum absolute atomic E-state index is 10.5. The first-order chi connectivity index (χ1) is 4.33. The molecule has 0 N–H and O–H groups in total. The Morgan fingerprint density at radius 1 is 1.78 bits per heavy atom. The number of cyclic esters (lactones) is 1. The molecule has 0 aliphatic carbocycles. The molecule has 0 radical (unpaired) electrons. The van der Waals surface area contributed by atoms with Gasteiger partial charge in [-0.2, -0.15) is 0 Å². The molecule has 0 aromatic heterocycles. The van der Waals surface area contributed by atoms with Crippen LogP contribution in [-0.2, 0) is 14.3 Å². The van der Waals surface area contributed by atoms with Crippen LogP contribution >= 0.6 is 0 Å². The molecular weight excluding hydrogens is 120 g/mol. The first-order valence-corrected chi connectivity index (χ1v) is 3.10. The van der Waals surface area contributed by atoms with Crippen LogP contribution in [0.3, 0.4) is 0 Å². The van der Waals surface area contributed by atoms with Crippen molar-refractivity contribution in [2.75, 3.05) is 6.79 Å². The van der Waals surface area contributed by atoms with Crippen LogP contribution in [0.25, 0.3) is 0 Å².